The summed E-state index contributed by atoms with van der Waals surface area (Å²) < 4.78 is 0. The van der Waals surface area contributed by atoms with Crippen LogP contribution in [0.5, 0.6) is 0 Å². The van der Waals surface area contributed by atoms with Crippen molar-refractivity contribution < 1.29 is 4.92 Å². The van der Waals surface area contributed by atoms with Gasteiger partial charge in [-0.1, -0.05) is 30.3 Å². The lowest BCUT2D eigenvalue weighted by molar-refractivity contribution is -0.383. The van der Waals surface area contributed by atoms with Gasteiger partial charge >= 0.3 is 0 Å². The Morgan fingerprint density at radius 3 is 2.53 bits per heavy atom. The monoisotopic (exact) mass is 257 g/mol. The van der Waals surface area contributed by atoms with Crippen LogP contribution in [0.4, 0.5) is 17.1 Å². The average Bonchev–Trinajstić information content (AvgIpc) is 2.41. The van der Waals surface area contributed by atoms with Gasteiger partial charge in [-0.25, -0.2) is 0 Å². The molecule has 0 bridgehead atoms. The van der Waals surface area contributed by atoms with Crippen molar-refractivity contribution in [1.82, 2.24) is 0 Å². The van der Waals surface area contributed by atoms with E-state index < -0.39 is 4.92 Å². The minimum atomic E-state index is -0.469. The molecule has 0 aromatic heterocycles. The molecule has 0 saturated carbocycles. The summed E-state index contributed by atoms with van der Waals surface area (Å²) in [5.74, 6) is 0. The highest BCUT2D eigenvalue weighted by Gasteiger charge is 2.15. The molecule has 98 valence electrons. The van der Waals surface area contributed by atoms with Gasteiger partial charge in [-0.15, -0.1) is 0 Å². The van der Waals surface area contributed by atoms with Crippen molar-refractivity contribution in [2.75, 3.05) is 11.1 Å². The van der Waals surface area contributed by atoms with Crippen molar-refractivity contribution in [3.8, 4) is 0 Å². The summed E-state index contributed by atoms with van der Waals surface area (Å²) in [4.78, 5) is 10.3. The highest BCUT2D eigenvalue weighted by Crippen LogP contribution is 2.30. The molecule has 0 heterocycles. The normalized spacial score (nSPS) is 10.2. The summed E-state index contributed by atoms with van der Waals surface area (Å²) in [7, 11) is 0. The predicted molar refractivity (Wildman–Crippen MR) is 76.0 cm³/mol. The smallest absolute Gasteiger partial charge is 0.292 e. The number of hydrogen-bond acceptors (Lipinski definition) is 4. The van der Waals surface area contributed by atoms with Gasteiger partial charge in [0.05, 0.1) is 4.92 Å². The fourth-order valence-electron chi connectivity index (χ4n) is 1.86. The molecule has 0 fully saturated rings. The van der Waals surface area contributed by atoms with E-state index in [9.17, 15) is 10.1 Å². The molecule has 2 rings (SSSR count). The summed E-state index contributed by atoms with van der Waals surface area (Å²) in [5.41, 5.74) is 8.58. The Morgan fingerprint density at radius 1 is 1.21 bits per heavy atom. The molecule has 2 aromatic carbocycles. The summed E-state index contributed by atoms with van der Waals surface area (Å²) >= 11 is 0. The van der Waals surface area contributed by atoms with Gasteiger partial charge in [-0.2, -0.15) is 0 Å². The Kier molecular flexibility index (Phi) is 3.66. The molecule has 3 N–H and O–H groups in total. The molecule has 0 atom stereocenters. The number of nitrogens with zero attached hydrogens (tertiary/aromatic N) is 1. The standard InChI is InChI=1S/C14H15N3O2/c1-10-12(7-8-13(14(10)15)17(18)19)16-9-11-5-3-2-4-6-11/h2-8,16H,9,15H2,1H3. The van der Waals surface area contributed by atoms with Gasteiger partial charge < -0.3 is 11.1 Å². The zero-order chi connectivity index (χ0) is 13.8. The molecule has 0 amide bonds. The molecule has 19 heavy (non-hydrogen) atoms. The van der Waals surface area contributed by atoms with Crippen LogP contribution in [0.1, 0.15) is 11.1 Å². The Bertz CT molecular complexity index is 597. The highest BCUT2D eigenvalue weighted by atomic mass is 16.6. The van der Waals surface area contributed by atoms with Gasteiger partial charge in [0.2, 0.25) is 0 Å². The first-order valence-corrected chi connectivity index (χ1v) is 5.91. The van der Waals surface area contributed by atoms with Gasteiger partial charge in [-0.3, -0.25) is 10.1 Å². The Balaban J connectivity index is 2.18. The fraction of sp³-hybridized carbons (Fsp3) is 0.143. The number of anilines is 2. The summed E-state index contributed by atoms with van der Waals surface area (Å²) in [6.07, 6.45) is 0. The van der Waals surface area contributed by atoms with E-state index in [-0.39, 0.29) is 11.4 Å². The van der Waals surface area contributed by atoms with Crippen LogP contribution in [-0.4, -0.2) is 4.92 Å². The SMILES string of the molecule is Cc1c(NCc2ccccc2)ccc([N+](=O)[O-])c1N. The van der Waals surface area contributed by atoms with Gasteiger partial charge in [0.1, 0.15) is 5.69 Å². The molecular weight excluding hydrogens is 242 g/mol. The number of nitrogens with two attached hydrogens (primary N) is 1. The quantitative estimate of drug-likeness (QED) is 0.501. The van der Waals surface area contributed by atoms with Crippen LogP contribution in [0, 0.1) is 17.0 Å². The third-order valence-electron chi connectivity index (χ3n) is 3.01. The molecule has 5 heteroatoms. The first-order chi connectivity index (χ1) is 9.09. The molecule has 2 aromatic rings. The minimum absolute atomic E-state index is 0.0530. The number of rotatable bonds is 4. The van der Waals surface area contributed by atoms with Crippen LogP contribution < -0.4 is 11.1 Å². The van der Waals surface area contributed by atoms with Crippen LogP contribution >= 0.6 is 0 Å². The molecule has 0 spiro atoms. The number of nitrogens with one attached hydrogen (secondary N) is 1. The molecule has 0 saturated heterocycles. The molecule has 0 radical (unpaired) electrons. The first kappa shape index (κ1) is 12.9. The average molecular weight is 257 g/mol. The van der Waals surface area contributed by atoms with Crippen molar-refractivity contribution in [3.05, 3.63) is 63.7 Å². The number of benzene rings is 2. The second kappa shape index (κ2) is 5.39. The van der Waals surface area contributed by atoms with Gasteiger partial charge in [0, 0.05) is 23.9 Å². The third kappa shape index (κ3) is 2.82. The summed E-state index contributed by atoms with van der Waals surface area (Å²) in [5, 5.41) is 14.0. The van der Waals surface area contributed by atoms with E-state index in [1.807, 2.05) is 30.3 Å². The zero-order valence-corrected chi connectivity index (χ0v) is 10.6. The van der Waals surface area contributed by atoms with E-state index in [2.05, 4.69) is 5.32 Å². The van der Waals surface area contributed by atoms with E-state index in [1.54, 1.807) is 13.0 Å². The van der Waals surface area contributed by atoms with Gasteiger partial charge in [-0.05, 0) is 18.6 Å². The second-order valence-corrected chi connectivity index (χ2v) is 4.27. The molecule has 0 aliphatic rings. The van der Waals surface area contributed by atoms with Crippen LogP contribution in [0.15, 0.2) is 42.5 Å². The van der Waals surface area contributed by atoms with E-state index in [4.69, 9.17) is 5.73 Å². The van der Waals surface area contributed by atoms with Crippen LogP contribution in [0.3, 0.4) is 0 Å². The van der Waals surface area contributed by atoms with Crippen molar-refractivity contribution in [1.29, 1.82) is 0 Å². The maximum absolute atomic E-state index is 10.8. The Hall–Kier alpha value is -2.56. The van der Waals surface area contributed by atoms with Crippen LogP contribution in [0.25, 0.3) is 0 Å². The number of nitrogen functional groups attached to an aromatic ring is 1. The predicted octanol–water partition coefficient (Wildman–Crippen LogP) is 3.10. The van der Waals surface area contributed by atoms with E-state index in [1.165, 1.54) is 6.07 Å². The minimum Gasteiger partial charge on any atom is -0.393 e. The van der Waals surface area contributed by atoms with Crippen LogP contribution in [-0.2, 0) is 6.54 Å². The summed E-state index contributed by atoms with van der Waals surface area (Å²) in [6.45, 7) is 2.43. The first-order valence-electron chi connectivity index (χ1n) is 5.91. The number of nitro groups is 1. The lowest BCUT2D eigenvalue weighted by Gasteiger charge is -2.11. The Labute approximate surface area is 111 Å². The Morgan fingerprint density at radius 2 is 1.89 bits per heavy atom. The molecular formula is C14H15N3O2. The molecule has 5 nitrogen and oxygen atoms in total. The molecule has 0 aliphatic carbocycles. The van der Waals surface area contributed by atoms with Crippen molar-refractivity contribution >= 4 is 17.1 Å². The number of hydrogen-bond donors (Lipinski definition) is 2. The molecule has 0 unspecified atom stereocenters. The topological polar surface area (TPSA) is 81.2 Å². The lowest BCUT2D eigenvalue weighted by atomic mass is 10.1. The second-order valence-electron chi connectivity index (χ2n) is 4.27. The van der Waals surface area contributed by atoms with E-state index in [0.717, 1.165) is 11.3 Å². The fourth-order valence-corrected chi connectivity index (χ4v) is 1.86. The van der Waals surface area contributed by atoms with E-state index >= 15 is 0 Å². The maximum Gasteiger partial charge on any atom is 0.292 e. The lowest BCUT2D eigenvalue weighted by Crippen LogP contribution is -2.04. The van der Waals surface area contributed by atoms with Crippen LogP contribution in [0.2, 0.25) is 0 Å². The van der Waals surface area contributed by atoms with Crippen molar-refractivity contribution in [2.24, 2.45) is 0 Å². The zero-order valence-electron chi connectivity index (χ0n) is 10.6. The van der Waals surface area contributed by atoms with Crippen molar-refractivity contribution in [3.63, 3.8) is 0 Å². The summed E-state index contributed by atoms with van der Waals surface area (Å²) in [6, 6.07) is 13.0. The van der Waals surface area contributed by atoms with Gasteiger partial charge in [0.15, 0.2) is 0 Å². The third-order valence-corrected chi connectivity index (χ3v) is 3.01. The number of nitro benzene ring substituents is 1. The van der Waals surface area contributed by atoms with E-state index in [0.29, 0.717) is 12.1 Å². The highest BCUT2D eigenvalue weighted by molar-refractivity contribution is 5.72. The van der Waals surface area contributed by atoms with Gasteiger partial charge in [0.25, 0.3) is 5.69 Å². The molecule has 0 aliphatic heterocycles. The largest absolute Gasteiger partial charge is 0.393 e. The van der Waals surface area contributed by atoms with Crippen molar-refractivity contribution in [2.45, 2.75) is 13.5 Å². The maximum atomic E-state index is 10.8.